The molecule has 1 heterocycles. The normalized spacial score (nSPS) is 12.6. The number of nitrogens with zero attached hydrogens (tertiary/aromatic N) is 1. The Morgan fingerprint density at radius 3 is 2.50 bits per heavy atom. The molecule has 0 aliphatic heterocycles. The molecule has 1 amide bonds. The zero-order chi connectivity index (χ0) is 19.3. The average Bonchev–Trinajstić information content (AvgIpc) is 2.95. The number of benzene rings is 1. The van der Waals surface area contributed by atoms with Crippen LogP contribution in [0.5, 0.6) is 0 Å². The van der Waals surface area contributed by atoms with Crippen LogP contribution in [0.1, 0.15) is 42.6 Å². The first-order valence-electron chi connectivity index (χ1n) is 8.38. The van der Waals surface area contributed by atoms with Gasteiger partial charge in [-0.2, -0.15) is 0 Å². The summed E-state index contributed by atoms with van der Waals surface area (Å²) in [7, 11) is 0. The highest BCUT2D eigenvalue weighted by atomic mass is 32.1. The average molecular weight is 376 g/mol. The summed E-state index contributed by atoms with van der Waals surface area (Å²) in [4.78, 5) is 28.8. The minimum absolute atomic E-state index is 0.196. The zero-order valence-electron chi connectivity index (χ0n) is 15.4. The van der Waals surface area contributed by atoms with Crippen LogP contribution >= 0.6 is 11.3 Å². The van der Waals surface area contributed by atoms with Gasteiger partial charge in [-0.15, -0.1) is 11.3 Å². The highest BCUT2D eigenvalue weighted by molar-refractivity contribution is 7.17. The Bertz CT molecular complexity index is 766. The Labute approximate surface area is 157 Å². The van der Waals surface area contributed by atoms with Crippen LogP contribution in [0.3, 0.4) is 0 Å². The van der Waals surface area contributed by atoms with Crippen molar-refractivity contribution in [1.29, 1.82) is 0 Å². The lowest BCUT2D eigenvalue weighted by Crippen LogP contribution is -2.42. The van der Waals surface area contributed by atoms with Crippen molar-refractivity contribution in [3.05, 3.63) is 40.9 Å². The van der Waals surface area contributed by atoms with E-state index in [2.05, 4.69) is 10.3 Å². The first-order chi connectivity index (χ1) is 12.2. The molecule has 2 rings (SSSR count). The molecule has 26 heavy (non-hydrogen) atoms. The van der Waals surface area contributed by atoms with Crippen molar-refractivity contribution in [3.8, 4) is 10.6 Å². The summed E-state index contributed by atoms with van der Waals surface area (Å²) in [6, 6.07) is 8.55. The van der Waals surface area contributed by atoms with Gasteiger partial charge in [0.15, 0.2) is 0 Å². The number of nitrogens with one attached hydrogen (secondary N) is 1. The zero-order valence-corrected chi connectivity index (χ0v) is 16.2. The van der Waals surface area contributed by atoms with Gasteiger partial charge in [-0.1, -0.05) is 30.3 Å². The van der Waals surface area contributed by atoms with E-state index in [1.54, 1.807) is 6.92 Å². The van der Waals surface area contributed by atoms with Crippen molar-refractivity contribution in [2.75, 3.05) is 6.61 Å². The number of aromatic nitrogens is 1. The predicted octanol–water partition coefficient (Wildman–Crippen LogP) is 3.51. The Morgan fingerprint density at radius 2 is 1.92 bits per heavy atom. The van der Waals surface area contributed by atoms with Crippen LogP contribution in [0.4, 0.5) is 0 Å². The maximum Gasteiger partial charge on any atom is 0.326 e. The van der Waals surface area contributed by atoms with Gasteiger partial charge in [-0.25, -0.2) is 9.78 Å². The lowest BCUT2D eigenvalue weighted by atomic mass is 10.1. The molecule has 6 nitrogen and oxygen atoms in total. The van der Waals surface area contributed by atoms with Gasteiger partial charge in [-0.3, -0.25) is 4.79 Å². The van der Waals surface area contributed by atoms with Crippen molar-refractivity contribution in [1.82, 2.24) is 10.3 Å². The van der Waals surface area contributed by atoms with E-state index in [9.17, 15) is 14.7 Å². The van der Waals surface area contributed by atoms with Crippen molar-refractivity contribution < 1.29 is 19.4 Å². The summed E-state index contributed by atoms with van der Waals surface area (Å²) >= 11 is 1.26. The van der Waals surface area contributed by atoms with Crippen LogP contribution < -0.4 is 5.32 Å². The van der Waals surface area contributed by atoms with Gasteiger partial charge in [0.2, 0.25) is 0 Å². The molecular weight excluding hydrogens is 352 g/mol. The largest absolute Gasteiger partial charge is 0.480 e. The van der Waals surface area contributed by atoms with E-state index in [-0.39, 0.29) is 18.6 Å². The van der Waals surface area contributed by atoms with Crippen LogP contribution in [0.25, 0.3) is 10.6 Å². The smallest absolute Gasteiger partial charge is 0.326 e. The van der Waals surface area contributed by atoms with Crippen LogP contribution in [0.15, 0.2) is 30.3 Å². The molecule has 0 fully saturated rings. The first-order valence-corrected chi connectivity index (χ1v) is 9.19. The molecule has 7 heteroatoms. The minimum atomic E-state index is -1.08. The Balaban J connectivity index is 2.07. The molecule has 1 aromatic heterocycles. The van der Waals surface area contributed by atoms with Gasteiger partial charge < -0.3 is 15.2 Å². The summed E-state index contributed by atoms with van der Waals surface area (Å²) in [6.45, 7) is 7.68. The number of aliphatic carboxylic acids is 1. The molecule has 2 N–H and O–H groups in total. The van der Waals surface area contributed by atoms with Crippen molar-refractivity contribution in [3.63, 3.8) is 0 Å². The molecule has 0 bridgehead atoms. The third-order valence-electron chi connectivity index (χ3n) is 3.57. The van der Waals surface area contributed by atoms with Crippen LogP contribution in [0, 0.1) is 6.92 Å². The van der Waals surface area contributed by atoms with E-state index >= 15 is 0 Å². The van der Waals surface area contributed by atoms with Crippen molar-refractivity contribution >= 4 is 23.2 Å². The molecule has 0 saturated heterocycles. The molecule has 1 unspecified atom stereocenters. The number of hydrogen-bond donors (Lipinski definition) is 2. The number of carbonyl (C=O) groups excluding carboxylic acids is 1. The number of carbonyl (C=O) groups is 2. The summed E-state index contributed by atoms with van der Waals surface area (Å²) in [5, 5.41) is 12.7. The summed E-state index contributed by atoms with van der Waals surface area (Å²) in [6.07, 6.45) is 0.196. The van der Waals surface area contributed by atoms with E-state index < -0.39 is 17.9 Å². The molecule has 0 aliphatic rings. The fourth-order valence-corrected chi connectivity index (χ4v) is 3.25. The molecule has 0 radical (unpaired) electrons. The van der Waals surface area contributed by atoms with Crippen molar-refractivity contribution in [2.24, 2.45) is 0 Å². The number of carboxylic acids is 1. The molecular formula is C19H24N2O4S. The SMILES string of the molecule is Cc1nc(-c2ccccc2)sc1C(=O)NC(CCOC(C)(C)C)C(=O)O. The van der Waals surface area contributed by atoms with Crippen LogP contribution in [-0.2, 0) is 9.53 Å². The molecule has 1 aromatic carbocycles. The van der Waals surface area contributed by atoms with Crippen LogP contribution in [0.2, 0.25) is 0 Å². The fourth-order valence-electron chi connectivity index (χ4n) is 2.28. The number of rotatable bonds is 7. The Morgan fingerprint density at radius 1 is 1.27 bits per heavy atom. The lowest BCUT2D eigenvalue weighted by molar-refractivity contribution is -0.140. The molecule has 0 saturated carbocycles. The second kappa shape index (κ2) is 8.42. The monoisotopic (exact) mass is 376 g/mol. The van der Waals surface area contributed by atoms with E-state index in [4.69, 9.17) is 4.74 Å². The van der Waals surface area contributed by atoms with E-state index in [1.807, 2.05) is 51.1 Å². The van der Waals surface area contributed by atoms with E-state index in [0.717, 1.165) is 10.6 Å². The number of thiazole rings is 1. The third kappa shape index (κ3) is 5.64. The standard InChI is InChI=1S/C19H24N2O4S/c1-12-15(26-17(20-12)13-8-6-5-7-9-13)16(22)21-14(18(23)24)10-11-25-19(2,3)4/h5-9,14H,10-11H2,1-4H3,(H,21,22)(H,23,24). The van der Waals surface area contributed by atoms with Crippen molar-refractivity contribution in [2.45, 2.75) is 45.8 Å². The first kappa shape index (κ1) is 20.1. The van der Waals surface area contributed by atoms with Crippen LogP contribution in [-0.4, -0.2) is 40.2 Å². The summed E-state index contributed by atoms with van der Waals surface area (Å²) in [5.41, 5.74) is 1.15. The summed E-state index contributed by atoms with van der Waals surface area (Å²) in [5.74, 6) is -1.51. The maximum atomic E-state index is 12.5. The minimum Gasteiger partial charge on any atom is -0.480 e. The van der Waals surface area contributed by atoms with Gasteiger partial charge >= 0.3 is 5.97 Å². The highest BCUT2D eigenvalue weighted by Crippen LogP contribution is 2.27. The number of carboxylic acid groups (broad SMARTS) is 1. The second-order valence-corrected chi connectivity index (χ2v) is 7.91. The van der Waals surface area contributed by atoms with E-state index in [1.165, 1.54) is 11.3 Å². The fraction of sp³-hybridized carbons (Fsp3) is 0.421. The predicted molar refractivity (Wildman–Crippen MR) is 101 cm³/mol. The van der Waals surface area contributed by atoms with Gasteiger partial charge in [0.05, 0.1) is 11.3 Å². The second-order valence-electron chi connectivity index (χ2n) is 6.91. The maximum absolute atomic E-state index is 12.5. The Kier molecular flexibility index (Phi) is 6.50. The number of aryl methyl sites for hydroxylation is 1. The van der Waals surface area contributed by atoms with Gasteiger partial charge in [-0.05, 0) is 27.7 Å². The topological polar surface area (TPSA) is 88.5 Å². The number of ether oxygens (including phenoxy) is 1. The highest BCUT2D eigenvalue weighted by Gasteiger charge is 2.24. The summed E-state index contributed by atoms with van der Waals surface area (Å²) < 4.78 is 5.56. The quantitative estimate of drug-likeness (QED) is 0.772. The molecule has 0 spiro atoms. The van der Waals surface area contributed by atoms with E-state index in [0.29, 0.717) is 10.6 Å². The van der Waals surface area contributed by atoms with Gasteiger partial charge in [0.1, 0.15) is 15.9 Å². The van der Waals surface area contributed by atoms with Gasteiger partial charge in [0, 0.05) is 18.6 Å². The number of hydrogen-bond acceptors (Lipinski definition) is 5. The molecule has 2 aromatic rings. The van der Waals surface area contributed by atoms with Gasteiger partial charge in [0.25, 0.3) is 5.91 Å². The molecule has 1 atom stereocenters. The third-order valence-corrected chi connectivity index (χ3v) is 4.77. The number of amides is 1. The molecule has 0 aliphatic carbocycles. The Hall–Kier alpha value is -2.25. The molecule has 140 valence electrons. The lowest BCUT2D eigenvalue weighted by Gasteiger charge is -2.21.